The van der Waals surface area contributed by atoms with Crippen molar-refractivity contribution in [1.29, 1.82) is 0 Å². The van der Waals surface area contributed by atoms with E-state index in [1.807, 2.05) is 27.8 Å². The van der Waals surface area contributed by atoms with Crippen molar-refractivity contribution in [3.05, 3.63) is 62.4 Å². The van der Waals surface area contributed by atoms with E-state index in [0.29, 0.717) is 28.3 Å². The molecule has 0 saturated carbocycles. The lowest BCUT2D eigenvalue weighted by Gasteiger charge is -2.20. The Kier molecular flexibility index (Phi) is 6.17. The third-order valence-electron chi connectivity index (χ3n) is 4.82. The molecule has 0 atom stereocenters. The summed E-state index contributed by atoms with van der Waals surface area (Å²) in [4.78, 5) is 34.1. The molecule has 7 nitrogen and oxygen atoms in total. The predicted octanol–water partition coefficient (Wildman–Crippen LogP) is 3.38. The third-order valence-corrected chi connectivity index (χ3v) is 5.06. The molecule has 0 spiro atoms. The molecular formula is C21H24ClN5O2. The fraction of sp³-hybridized carbons (Fsp3) is 0.333. The van der Waals surface area contributed by atoms with Crippen LogP contribution in [-0.4, -0.2) is 37.1 Å². The van der Waals surface area contributed by atoms with Gasteiger partial charge in [0.15, 0.2) is 0 Å². The number of nitrogens with zero attached hydrogens (tertiary/aromatic N) is 4. The van der Waals surface area contributed by atoms with Gasteiger partial charge < -0.3 is 9.88 Å². The number of aromatic nitrogens is 4. The number of hydrogen-bond donors (Lipinski definition) is 1. The Labute approximate surface area is 174 Å². The lowest BCUT2D eigenvalue weighted by Crippen LogP contribution is -2.31. The minimum atomic E-state index is -0.247. The van der Waals surface area contributed by atoms with Crippen LogP contribution < -0.4 is 5.56 Å². The van der Waals surface area contributed by atoms with Crippen molar-refractivity contribution in [3.63, 3.8) is 0 Å². The van der Waals surface area contributed by atoms with Crippen molar-refractivity contribution in [2.75, 3.05) is 6.54 Å². The van der Waals surface area contributed by atoms with Gasteiger partial charge in [-0.25, -0.2) is 4.98 Å². The second kappa shape index (κ2) is 8.61. The quantitative estimate of drug-likeness (QED) is 0.628. The standard InChI is InChI=1S/C21H24ClN5O2/c1-5-10-27(20(28)9-8-16-13(2)25-26(4)14(16)3)12-19-23-18-11-15(22)6-7-17(18)21(29)24-19/h6-9,11H,5,10,12H2,1-4H3,(H,23,24,29)/b9-8+. The first kappa shape index (κ1) is 20.8. The van der Waals surface area contributed by atoms with E-state index in [1.165, 1.54) is 0 Å². The van der Waals surface area contributed by atoms with Crippen molar-refractivity contribution in [3.8, 4) is 0 Å². The van der Waals surface area contributed by atoms with Gasteiger partial charge in [-0.3, -0.25) is 14.3 Å². The van der Waals surface area contributed by atoms with E-state index in [-0.39, 0.29) is 18.0 Å². The van der Waals surface area contributed by atoms with Crippen LogP contribution in [-0.2, 0) is 18.4 Å². The van der Waals surface area contributed by atoms with E-state index >= 15 is 0 Å². The largest absolute Gasteiger partial charge is 0.332 e. The number of fused-ring (bicyclic) bond motifs is 1. The van der Waals surface area contributed by atoms with Crippen LogP contribution in [0.2, 0.25) is 5.02 Å². The van der Waals surface area contributed by atoms with E-state index < -0.39 is 0 Å². The van der Waals surface area contributed by atoms with Crippen LogP contribution in [0.4, 0.5) is 0 Å². The Morgan fingerprint density at radius 3 is 2.76 bits per heavy atom. The number of rotatable bonds is 6. The third kappa shape index (κ3) is 4.56. The number of hydrogen-bond acceptors (Lipinski definition) is 4. The van der Waals surface area contributed by atoms with Crippen LogP contribution >= 0.6 is 11.6 Å². The maximum absolute atomic E-state index is 12.8. The zero-order valence-electron chi connectivity index (χ0n) is 17.0. The molecule has 0 saturated heterocycles. The smallest absolute Gasteiger partial charge is 0.258 e. The van der Waals surface area contributed by atoms with Crippen molar-refractivity contribution in [2.24, 2.45) is 7.05 Å². The molecule has 3 aromatic rings. The molecule has 1 aromatic carbocycles. The van der Waals surface area contributed by atoms with Gasteiger partial charge in [-0.1, -0.05) is 18.5 Å². The molecule has 0 aliphatic rings. The van der Waals surface area contributed by atoms with Crippen LogP contribution in [0, 0.1) is 13.8 Å². The van der Waals surface area contributed by atoms with Gasteiger partial charge in [-0.15, -0.1) is 0 Å². The van der Waals surface area contributed by atoms with Gasteiger partial charge in [0.2, 0.25) is 5.91 Å². The van der Waals surface area contributed by atoms with Gasteiger partial charge >= 0.3 is 0 Å². The monoisotopic (exact) mass is 413 g/mol. The first-order valence-corrected chi connectivity index (χ1v) is 9.83. The summed E-state index contributed by atoms with van der Waals surface area (Å²) >= 11 is 6.02. The van der Waals surface area contributed by atoms with Crippen molar-refractivity contribution < 1.29 is 4.79 Å². The molecule has 0 bridgehead atoms. The van der Waals surface area contributed by atoms with Crippen LogP contribution in [0.3, 0.4) is 0 Å². The Hall–Kier alpha value is -2.93. The highest BCUT2D eigenvalue weighted by atomic mass is 35.5. The highest BCUT2D eigenvalue weighted by molar-refractivity contribution is 6.31. The second-order valence-corrected chi connectivity index (χ2v) is 7.41. The molecule has 3 rings (SSSR count). The molecule has 0 aliphatic carbocycles. The minimum Gasteiger partial charge on any atom is -0.332 e. The summed E-state index contributed by atoms with van der Waals surface area (Å²) in [5.74, 6) is 0.275. The maximum atomic E-state index is 12.8. The number of amides is 1. The molecule has 0 radical (unpaired) electrons. The molecule has 0 aliphatic heterocycles. The molecule has 2 heterocycles. The van der Waals surface area contributed by atoms with Gasteiger partial charge in [-0.2, -0.15) is 5.10 Å². The van der Waals surface area contributed by atoms with Crippen molar-refractivity contribution in [2.45, 2.75) is 33.7 Å². The Balaban J connectivity index is 1.86. The van der Waals surface area contributed by atoms with E-state index in [1.54, 1.807) is 39.9 Å². The molecule has 1 N–H and O–H groups in total. The highest BCUT2D eigenvalue weighted by Gasteiger charge is 2.14. The summed E-state index contributed by atoms with van der Waals surface area (Å²) in [6.07, 6.45) is 4.12. The highest BCUT2D eigenvalue weighted by Crippen LogP contribution is 2.16. The van der Waals surface area contributed by atoms with Crippen LogP contribution in [0.15, 0.2) is 29.1 Å². The van der Waals surface area contributed by atoms with Gasteiger partial charge in [-0.05, 0) is 44.5 Å². The van der Waals surface area contributed by atoms with Crippen molar-refractivity contribution in [1.82, 2.24) is 24.6 Å². The van der Waals surface area contributed by atoms with Gasteiger partial charge in [0, 0.05) is 35.9 Å². The van der Waals surface area contributed by atoms with Crippen LogP contribution in [0.25, 0.3) is 17.0 Å². The number of benzene rings is 1. The lowest BCUT2D eigenvalue weighted by molar-refractivity contribution is -0.126. The second-order valence-electron chi connectivity index (χ2n) is 6.98. The average molecular weight is 414 g/mol. The number of aryl methyl sites for hydroxylation is 2. The van der Waals surface area contributed by atoms with Crippen LogP contribution in [0.1, 0.15) is 36.1 Å². The lowest BCUT2D eigenvalue weighted by atomic mass is 10.2. The zero-order chi connectivity index (χ0) is 21.1. The minimum absolute atomic E-state index is 0.150. The Morgan fingerprint density at radius 1 is 1.34 bits per heavy atom. The molecular weight excluding hydrogens is 390 g/mol. The predicted molar refractivity (Wildman–Crippen MR) is 115 cm³/mol. The van der Waals surface area contributed by atoms with Gasteiger partial charge in [0.1, 0.15) is 5.82 Å². The van der Waals surface area contributed by atoms with E-state index in [9.17, 15) is 9.59 Å². The Morgan fingerprint density at radius 2 is 2.10 bits per heavy atom. The topological polar surface area (TPSA) is 83.9 Å². The average Bonchev–Trinajstić information content (AvgIpc) is 2.90. The molecule has 0 unspecified atom stereocenters. The maximum Gasteiger partial charge on any atom is 0.258 e. The summed E-state index contributed by atoms with van der Waals surface area (Å²) in [5.41, 5.74) is 3.06. The van der Waals surface area contributed by atoms with E-state index in [0.717, 1.165) is 23.4 Å². The number of nitrogens with one attached hydrogen (secondary N) is 1. The first-order valence-electron chi connectivity index (χ1n) is 9.45. The number of carbonyl (C=O) groups excluding carboxylic acids is 1. The summed E-state index contributed by atoms with van der Waals surface area (Å²) in [6.45, 7) is 6.62. The number of H-pyrrole nitrogens is 1. The van der Waals surface area contributed by atoms with E-state index in [2.05, 4.69) is 15.1 Å². The zero-order valence-corrected chi connectivity index (χ0v) is 17.7. The van der Waals surface area contributed by atoms with Crippen molar-refractivity contribution >= 4 is 34.5 Å². The molecule has 1 amide bonds. The SMILES string of the molecule is CCCN(Cc1nc2cc(Cl)ccc2c(=O)[nH]1)C(=O)/C=C/c1c(C)nn(C)c1C. The fourth-order valence-corrected chi connectivity index (χ4v) is 3.41. The van der Waals surface area contributed by atoms with Gasteiger partial charge in [0.05, 0.1) is 23.1 Å². The first-order chi connectivity index (χ1) is 13.8. The molecule has 0 fully saturated rings. The summed E-state index contributed by atoms with van der Waals surface area (Å²) < 4.78 is 1.79. The number of halogens is 1. The van der Waals surface area contributed by atoms with Gasteiger partial charge in [0.25, 0.3) is 5.56 Å². The number of carbonyl (C=O) groups is 1. The summed E-state index contributed by atoms with van der Waals surface area (Å²) in [5, 5.41) is 5.34. The van der Waals surface area contributed by atoms with E-state index in [4.69, 9.17) is 11.6 Å². The fourth-order valence-electron chi connectivity index (χ4n) is 3.25. The molecule has 29 heavy (non-hydrogen) atoms. The Bertz CT molecular complexity index is 1150. The molecule has 2 aromatic heterocycles. The number of aromatic amines is 1. The molecule has 152 valence electrons. The normalized spacial score (nSPS) is 11.5. The van der Waals surface area contributed by atoms with Crippen LogP contribution in [0.5, 0.6) is 0 Å². The summed E-state index contributed by atoms with van der Waals surface area (Å²) in [6, 6.07) is 4.94. The summed E-state index contributed by atoms with van der Waals surface area (Å²) in [7, 11) is 1.87. The molecule has 8 heteroatoms.